The normalized spacial score (nSPS) is 17.6. The van der Waals surface area contributed by atoms with Crippen molar-refractivity contribution in [3.63, 3.8) is 0 Å². The van der Waals surface area contributed by atoms with E-state index in [-0.39, 0.29) is 31.1 Å². The van der Waals surface area contributed by atoms with E-state index in [1.54, 1.807) is 0 Å². The molecule has 0 N–H and O–H groups in total. The number of amides is 2. The lowest BCUT2D eigenvalue weighted by molar-refractivity contribution is -0.137. The van der Waals surface area contributed by atoms with Crippen LogP contribution in [0.1, 0.15) is 25.0 Å². The molecule has 0 aromatic heterocycles. The number of benzene rings is 2. The lowest BCUT2D eigenvalue weighted by atomic mass is 9.94. The van der Waals surface area contributed by atoms with Crippen LogP contribution in [-0.2, 0) is 27.3 Å². The highest BCUT2D eigenvalue weighted by Gasteiger charge is 2.41. The molecule has 2 atom stereocenters. The first-order valence-electron chi connectivity index (χ1n) is 9.71. The van der Waals surface area contributed by atoms with Crippen LogP contribution in [0.5, 0.6) is 0 Å². The van der Waals surface area contributed by atoms with Crippen LogP contribution in [0.25, 0.3) is 0 Å². The molecule has 2 aromatic carbocycles. The molecule has 5 heteroatoms. The minimum atomic E-state index is -0.556. The summed E-state index contributed by atoms with van der Waals surface area (Å²) in [6.07, 6.45) is 0.0354. The molecule has 1 fully saturated rings. The Morgan fingerprint density at radius 3 is 2.29 bits per heavy atom. The molecule has 1 aliphatic rings. The van der Waals surface area contributed by atoms with Crippen molar-refractivity contribution in [2.75, 3.05) is 13.2 Å². The quantitative estimate of drug-likeness (QED) is 0.692. The van der Waals surface area contributed by atoms with Gasteiger partial charge in [0.2, 0.25) is 5.91 Å². The van der Waals surface area contributed by atoms with E-state index in [2.05, 4.69) is 0 Å². The summed E-state index contributed by atoms with van der Waals surface area (Å²) in [7, 11) is 0. The summed E-state index contributed by atoms with van der Waals surface area (Å²) in [5, 5.41) is 0. The summed E-state index contributed by atoms with van der Waals surface area (Å²) in [6, 6.07) is 19.4. The maximum absolute atomic E-state index is 13.2. The Morgan fingerprint density at radius 1 is 1.07 bits per heavy atom. The van der Waals surface area contributed by atoms with Gasteiger partial charge in [0.25, 0.3) is 0 Å². The van der Waals surface area contributed by atoms with Gasteiger partial charge in [0.05, 0.1) is 25.2 Å². The molecular formula is C23H27NO4. The monoisotopic (exact) mass is 381 g/mol. The summed E-state index contributed by atoms with van der Waals surface area (Å²) in [5.41, 5.74) is 2.13. The van der Waals surface area contributed by atoms with Crippen molar-refractivity contribution in [3.8, 4) is 0 Å². The van der Waals surface area contributed by atoms with Crippen molar-refractivity contribution in [3.05, 3.63) is 71.8 Å². The van der Waals surface area contributed by atoms with Gasteiger partial charge in [-0.25, -0.2) is 9.69 Å². The van der Waals surface area contributed by atoms with Crippen molar-refractivity contribution < 1.29 is 19.1 Å². The minimum absolute atomic E-state index is 0.0500. The van der Waals surface area contributed by atoms with Crippen LogP contribution in [0.3, 0.4) is 0 Å². The molecule has 0 aliphatic carbocycles. The zero-order valence-corrected chi connectivity index (χ0v) is 16.4. The Balaban J connectivity index is 1.65. The third-order valence-corrected chi connectivity index (χ3v) is 5.04. The SMILES string of the molecule is CC(C)[C@H](COCc1ccccc1)C(=O)N1C(=O)OC[C@H]1Cc1ccccc1. The van der Waals surface area contributed by atoms with Crippen molar-refractivity contribution in [2.45, 2.75) is 32.9 Å². The first-order valence-corrected chi connectivity index (χ1v) is 9.71. The molecule has 0 unspecified atom stereocenters. The van der Waals surface area contributed by atoms with Crippen molar-refractivity contribution in [2.24, 2.45) is 11.8 Å². The molecule has 3 rings (SSSR count). The fourth-order valence-corrected chi connectivity index (χ4v) is 3.37. The van der Waals surface area contributed by atoms with Gasteiger partial charge in [0.15, 0.2) is 0 Å². The second kappa shape index (κ2) is 9.51. The largest absolute Gasteiger partial charge is 0.447 e. The van der Waals surface area contributed by atoms with E-state index in [1.807, 2.05) is 74.5 Å². The Kier molecular flexibility index (Phi) is 6.82. The zero-order chi connectivity index (χ0) is 19.9. The number of ether oxygens (including phenoxy) is 2. The summed E-state index contributed by atoms with van der Waals surface area (Å²) in [4.78, 5) is 26.8. The predicted octanol–water partition coefficient (Wildman–Crippen LogP) is 4.07. The van der Waals surface area contributed by atoms with E-state index in [0.29, 0.717) is 13.0 Å². The van der Waals surface area contributed by atoms with Crippen molar-refractivity contribution >= 4 is 12.0 Å². The van der Waals surface area contributed by atoms with Gasteiger partial charge >= 0.3 is 6.09 Å². The number of carbonyl (C=O) groups is 2. The van der Waals surface area contributed by atoms with Crippen LogP contribution in [0.4, 0.5) is 4.79 Å². The van der Waals surface area contributed by atoms with Crippen LogP contribution in [-0.4, -0.2) is 36.2 Å². The number of nitrogens with zero attached hydrogens (tertiary/aromatic N) is 1. The van der Waals surface area contributed by atoms with Crippen LogP contribution in [0.15, 0.2) is 60.7 Å². The number of imide groups is 1. The lowest BCUT2D eigenvalue weighted by Gasteiger charge is -2.27. The van der Waals surface area contributed by atoms with Crippen LogP contribution in [0, 0.1) is 11.8 Å². The van der Waals surface area contributed by atoms with Crippen molar-refractivity contribution in [1.82, 2.24) is 4.90 Å². The van der Waals surface area contributed by atoms with Gasteiger partial charge in [-0.05, 0) is 23.5 Å². The highest BCUT2D eigenvalue weighted by molar-refractivity contribution is 5.95. The number of carbonyl (C=O) groups excluding carboxylic acids is 2. The second-order valence-corrected chi connectivity index (χ2v) is 7.48. The van der Waals surface area contributed by atoms with Gasteiger partial charge in [-0.2, -0.15) is 0 Å². The topological polar surface area (TPSA) is 55.8 Å². The minimum Gasteiger partial charge on any atom is -0.447 e. The Bertz CT molecular complexity index is 776. The summed E-state index contributed by atoms with van der Waals surface area (Å²) >= 11 is 0. The fourth-order valence-electron chi connectivity index (χ4n) is 3.37. The van der Waals surface area contributed by atoms with Gasteiger partial charge in [0.1, 0.15) is 6.61 Å². The summed E-state index contributed by atoms with van der Waals surface area (Å²) in [6.45, 7) is 4.89. The Hall–Kier alpha value is -2.66. The summed E-state index contributed by atoms with van der Waals surface area (Å²) in [5.74, 6) is -0.562. The van der Waals surface area contributed by atoms with Crippen LogP contribution in [0.2, 0.25) is 0 Å². The zero-order valence-electron chi connectivity index (χ0n) is 16.4. The molecule has 2 amide bonds. The van der Waals surface area contributed by atoms with E-state index < -0.39 is 12.0 Å². The Morgan fingerprint density at radius 2 is 1.68 bits per heavy atom. The number of rotatable bonds is 8. The van der Waals surface area contributed by atoms with E-state index in [0.717, 1.165) is 11.1 Å². The third-order valence-electron chi connectivity index (χ3n) is 5.04. The molecular weight excluding hydrogens is 354 g/mol. The molecule has 1 saturated heterocycles. The molecule has 1 aliphatic heterocycles. The van der Waals surface area contributed by atoms with E-state index >= 15 is 0 Å². The summed E-state index contributed by atoms with van der Waals surface area (Å²) < 4.78 is 11.0. The molecule has 2 aromatic rings. The van der Waals surface area contributed by atoms with Crippen LogP contribution >= 0.6 is 0 Å². The molecule has 0 saturated carbocycles. The third kappa shape index (κ3) is 4.98. The first kappa shape index (κ1) is 20.1. The van der Waals surface area contributed by atoms with Gasteiger partial charge in [-0.3, -0.25) is 4.79 Å². The fraction of sp³-hybridized carbons (Fsp3) is 0.391. The molecule has 5 nitrogen and oxygen atoms in total. The predicted molar refractivity (Wildman–Crippen MR) is 107 cm³/mol. The highest BCUT2D eigenvalue weighted by atomic mass is 16.6. The maximum Gasteiger partial charge on any atom is 0.416 e. The molecule has 148 valence electrons. The average molecular weight is 381 g/mol. The van der Waals surface area contributed by atoms with E-state index in [1.165, 1.54) is 4.90 Å². The van der Waals surface area contributed by atoms with Gasteiger partial charge in [0, 0.05) is 0 Å². The van der Waals surface area contributed by atoms with E-state index in [4.69, 9.17) is 9.47 Å². The molecule has 0 radical (unpaired) electrons. The second-order valence-electron chi connectivity index (χ2n) is 7.48. The highest BCUT2D eigenvalue weighted by Crippen LogP contribution is 2.23. The molecule has 28 heavy (non-hydrogen) atoms. The molecule has 0 bridgehead atoms. The van der Waals surface area contributed by atoms with Crippen LogP contribution < -0.4 is 0 Å². The first-order chi connectivity index (χ1) is 13.6. The number of hydrogen-bond donors (Lipinski definition) is 0. The standard InChI is InChI=1S/C23H27NO4/c1-17(2)21(16-27-14-19-11-7-4-8-12-19)22(25)24-20(15-28-23(24)26)13-18-9-5-3-6-10-18/h3-12,17,20-21H,13-16H2,1-2H3/t20-,21+/m1/s1. The van der Waals surface area contributed by atoms with Gasteiger partial charge < -0.3 is 9.47 Å². The maximum atomic E-state index is 13.2. The van der Waals surface area contributed by atoms with Gasteiger partial charge in [-0.1, -0.05) is 74.5 Å². The Labute approximate surface area is 166 Å². The van der Waals surface area contributed by atoms with Crippen molar-refractivity contribution in [1.29, 1.82) is 0 Å². The van der Waals surface area contributed by atoms with Gasteiger partial charge in [-0.15, -0.1) is 0 Å². The number of hydrogen-bond acceptors (Lipinski definition) is 4. The van der Waals surface area contributed by atoms with E-state index in [9.17, 15) is 9.59 Å². The lowest BCUT2D eigenvalue weighted by Crippen LogP contribution is -2.46. The average Bonchev–Trinajstić information content (AvgIpc) is 3.06. The molecule has 0 spiro atoms. The molecule has 1 heterocycles. The number of cyclic esters (lactones) is 1. The smallest absolute Gasteiger partial charge is 0.416 e.